The Morgan fingerprint density at radius 1 is 1.33 bits per heavy atom. The second kappa shape index (κ2) is 5.85. The van der Waals surface area contributed by atoms with Crippen molar-refractivity contribution in [2.75, 3.05) is 0 Å². The zero-order valence-corrected chi connectivity index (χ0v) is 11.3. The van der Waals surface area contributed by atoms with Gasteiger partial charge >= 0.3 is 6.18 Å². The Labute approximate surface area is 119 Å². The summed E-state index contributed by atoms with van der Waals surface area (Å²) in [6, 6.07) is 4.51. The molecule has 1 aromatic heterocycles. The minimum Gasteiger partial charge on any atom is -0.326 e. The van der Waals surface area contributed by atoms with Gasteiger partial charge in [-0.25, -0.2) is 4.39 Å². The minimum absolute atomic E-state index is 0.469. The van der Waals surface area contributed by atoms with Crippen LogP contribution in [-0.2, 0) is 6.18 Å². The molecule has 0 spiro atoms. The van der Waals surface area contributed by atoms with Gasteiger partial charge in [-0.05, 0) is 24.1 Å². The maximum atomic E-state index is 13.4. The summed E-state index contributed by atoms with van der Waals surface area (Å²) in [5.74, 6) is -0.469. The molecule has 0 radical (unpaired) electrons. The van der Waals surface area contributed by atoms with Gasteiger partial charge in [0.25, 0.3) is 0 Å². The van der Waals surface area contributed by atoms with Crippen molar-refractivity contribution in [3.8, 4) is 0 Å². The summed E-state index contributed by atoms with van der Waals surface area (Å²) in [6.45, 7) is 1.81. The van der Waals surface area contributed by atoms with Crippen molar-refractivity contribution >= 4 is 0 Å². The van der Waals surface area contributed by atoms with Crippen LogP contribution < -0.4 is 5.73 Å². The van der Waals surface area contributed by atoms with Crippen molar-refractivity contribution in [3.05, 3.63) is 53.6 Å². The fourth-order valence-electron chi connectivity index (χ4n) is 2.15. The Morgan fingerprint density at radius 2 is 2.05 bits per heavy atom. The van der Waals surface area contributed by atoms with E-state index in [1.807, 2.05) is 6.92 Å². The molecule has 2 N–H and O–H groups in total. The molecule has 0 aliphatic rings. The number of rotatable bonds is 4. The highest BCUT2D eigenvalue weighted by Crippen LogP contribution is 2.31. The van der Waals surface area contributed by atoms with Crippen LogP contribution in [-0.4, -0.2) is 15.8 Å². The van der Waals surface area contributed by atoms with Gasteiger partial charge in [-0.3, -0.25) is 4.68 Å². The van der Waals surface area contributed by atoms with Crippen molar-refractivity contribution in [1.82, 2.24) is 9.78 Å². The van der Waals surface area contributed by atoms with Crippen LogP contribution in [0.1, 0.15) is 30.5 Å². The molecule has 0 saturated heterocycles. The molecule has 2 rings (SSSR count). The first-order chi connectivity index (χ1) is 9.82. The van der Waals surface area contributed by atoms with E-state index in [-0.39, 0.29) is 0 Å². The van der Waals surface area contributed by atoms with Crippen molar-refractivity contribution < 1.29 is 17.6 Å². The third-order valence-corrected chi connectivity index (χ3v) is 3.28. The third kappa shape index (κ3) is 3.41. The Balaban J connectivity index is 2.44. The number of nitrogens with zero attached hydrogens (tertiary/aromatic N) is 2. The first-order valence-corrected chi connectivity index (χ1v) is 6.45. The normalized spacial score (nSPS) is 15.0. The van der Waals surface area contributed by atoms with E-state index in [0.29, 0.717) is 12.0 Å². The zero-order chi connectivity index (χ0) is 15.6. The Morgan fingerprint density at radius 3 is 2.57 bits per heavy atom. The summed E-state index contributed by atoms with van der Waals surface area (Å²) in [5.41, 5.74) is 5.62. The number of benzene rings is 1. The molecule has 2 aromatic rings. The maximum Gasteiger partial charge on any atom is 0.419 e. The second-order valence-electron chi connectivity index (χ2n) is 4.78. The van der Waals surface area contributed by atoms with E-state index < -0.39 is 29.6 Å². The number of aromatic nitrogens is 2. The number of hydrogen-bond acceptors (Lipinski definition) is 2. The minimum atomic E-state index is -4.47. The lowest BCUT2D eigenvalue weighted by Gasteiger charge is -2.24. The smallest absolute Gasteiger partial charge is 0.326 e. The van der Waals surface area contributed by atoms with Crippen molar-refractivity contribution in [1.29, 1.82) is 0 Å². The maximum absolute atomic E-state index is 13.4. The lowest BCUT2D eigenvalue weighted by molar-refractivity contribution is -0.137. The van der Waals surface area contributed by atoms with E-state index in [2.05, 4.69) is 5.10 Å². The average Bonchev–Trinajstić information content (AvgIpc) is 2.88. The predicted octanol–water partition coefficient (Wildman–Crippen LogP) is 3.37. The molecule has 7 heteroatoms. The molecule has 3 nitrogen and oxygen atoms in total. The fraction of sp³-hybridized carbons (Fsp3) is 0.357. The van der Waals surface area contributed by atoms with Gasteiger partial charge in [0.05, 0.1) is 17.8 Å². The first-order valence-electron chi connectivity index (χ1n) is 6.45. The highest BCUT2D eigenvalue weighted by Gasteiger charge is 2.33. The highest BCUT2D eigenvalue weighted by atomic mass is 19.4. The molecule has 0 bridgehead atoms. The topological polar surface area (TPSA) is 43.8 Å². The van der Waals surface area contributed by atoms with Crippen LogP contribution in [0.15, 0.2) is 36.7 Å². The van der Waals surface area contributed by atoms with Crippen LogP contribution in [0.5, 0.6) is 0 Å². The highest BCUT2D eigenvalue weighted by molar-refractivity contribution is 5.23. The molecule has 0 aliphatic carbocycles. The molecule has 0 aliphatic heterocycles. The Bertz CT molecular complexity index is 606. The summed E-state index contributed by atoms with van der Waals surface area (Å²) in [7, 11) is 0. The van der Waals surface area contributed by atoms with Gasteiger partial charge in [-0.15, -0.1) is 0 Å². The van der Waals surface area contributed by atoms with Crippen molar-refractivity contribution in [3.63, 3.8) is 0 Å². The van der Waals surface area contributed by atoms with E-state index >= 15 is 0 Å². The van der Waals surface area contributed by atoms with Gasteiger partial charge in [0.2, 0.25) is 0 Å². The summed E-state index contributed by atoms with van der Waals surface area (Å²) < 4.78 is 52.5. The first kappa shape index (κ1) is 15.5. The average molecular weight is 301 g/mol. The molecular formula is C14H15F4N3. The van der Waals surface area contributed by atoms with E-state index in [0.717, 1.165) is 17.1 Å². The van der Waals surface area contributed by atoms with Gasteiger partial charge < -0.3 is 5.73 Å². The number of nitrogens with two attached hydrogens (primary N) is 1. The van der Waals surface area contributed by atoms with Crippen LogP contribution in [0.2, 0.25) is 0 Å². The standard InChI is InChI=1S/C14H15F4N3/c1-2-12(19)13(9-4-3-5-11(15)6-9)21-8-10(7-20-21)14(16,17)18/h3-8,12-13H,2,19H2,1H3. The molecule has 1 aromatic carbocycles. The molecule has 2 atom stereocenters. The Hall–Kier alpha value is -1.89. The van der Waals surface area contributed by atoms with Gasteiger partial charge in [0.15, 0.2) is 0 Å². The molecule has 1 heterocycles. The second-order valence-corrected chi connectivity index (χ2v) is 4.78. The Kier molecular flexibility index (Phi) is 4.32. The van der Waals surface area contributed by atoms with Crippen LogP contribution >= 0.6 is 0 Å². The largest absolute Gasteiger partial charge is 0.419 e. The molecule has 0 amide bonds. The van der Waals surface area contributed by atoms with Crippen LogP contribution in [0.4, 0.5) is 17.6 Å². The van der Waals surface area contributed by atoms with Crippen molar-refractivity contribution in [2.45, 2.75) is 31.6 Å². The quantitative estimate of drug-likeness (QED) is 0.880. The summed E-state index contributed by atoms with van der Waals surface area (Å²) in [5, 5.41) is 3.75. The molecule has 0 fully saturated rings. The van der Waals surface area contributed by atoms with Crippen molar-refractivity contribution in [2.24, 2.45) is 5.73 Å². The lowest BCUT2D eigenvalue weighted by atomic mass is 9.98. The van der Waals surface area contributed by atoms with Crippen LogP contribution in [0, 0.1) is 5.82 Å². The monoisotopic (exact) mass is 301 g/mol. The van der Waals surface area contributed by atoms with E-state index in [4.69, 9.17) is 5.73 Å². The molecule has 21 heavy (non-hydrogen) atoms. The summed E-state index contributed by atoms with van der Waals surface area (Å²) in [6.07, 6.45) is -2.32. The number of hydrogen-bond donors (Lipinski definition) is 1. The number of halogens is 4. The van der Waals surface area contributed by atoms with Gasteiger partial charge in [-0.1, -0.05) is 19.1 Å². The van der Waals surface area contributed by atoms with Crippen LogP contribution in [0.25, 0.3) is 0 Å². The number of alkyl halides is 3. The summed E-state index contributed by atoms with van der Waals surface area (Å²) >= 11 is 0. The molecule has 114 valence electrons. The zero-order valence-electron chi connectivity index (χ0n) is 11.3. The third-order valence-electron chi connectivity index (χ3n) is 3.28. The SMILES string of the molecule is CCC(N)C(c1cccc(F)c1)n1cc(C(F)(F)F)cn1. The van der Waals surface area contributed by atoms with Gasteiger partial charge in [0.1, 0.15) is 5.82 Å². The predicted molar refractivity (Wildman–Crippen MR) is 70.0 cm³/mol. The molecule has 0 saturated carbocycles. The summed E-state index contributed by atoms with van der Waals surface area (Å²) in [4.78, 5) is 0. The van der Waals surface area contributed by atoms with Crippen LogP contribution in [0.3, 0.4) is 0 Å². The fourth-order valence-corrected chi connectivity index (χ4v) is 2.15. The lowest BCUT2D eigenvalue weighted by Crippen LogP contribution is -2.33. The molecule has 2 unspecified atom stereocenters. The van der Waals surface area contributed by atoms with E-state index in [1.54, 1.807) is 6.07 Å². The molecular weight excluding hydrogens is 286 g/mol. The van der Waals surface area contributed by atoms with E-state index in [9.17, 15) is 17.6 Å². The van der Waals surface area contributed by atoms with E-state index in [1.165, 1.54) is 18.2 Å². The van der Waals surface area contributed by atoms with Gasteiger partial charge in [0, 0.05) is 12.2 Å². The van der Waals surface area contributed by atoms with Gasteiger partial charge in [-0.2, -0.15) is 18.3 Å².